The fraction of sp³-hybridized carbons (Fsp3) is 0.571. The van der Waals surface area contributed by atoms with Crippen molar-refractivity contribution in [3.05, 3.63) is 29.5 Å². The molecule has 2 heterocycles. The molecule has 0 radical (unpaired) electrons. The minimum absolute atomic E-state index is 0.292. The minimum atomic E-state index is -0.376. The molecule has 5 heteroatoms. The zero-order valence-electron chi connectivity index (χ0n) is 16.6. The molecule has 2 aliphatic rings. The average molecular weight is 350 g/mol. The molecule has 4 nitrogen and oxygen atoms in total. The zero-order valence-corrected chi connectivity index (χ0v) is 16.6. The first-order valence-corrected chi connectivity index (χ1v) is 9.60. The first-order valence-electron chi connectivity index (χ1n) is 9.60. The van der Waals surface area contributed by atoms with E-state index in [0.717, 1.165) is 40.5 Å². The third kappa shape index (κ3) is 2.51. The van der Waals surface area contributed by atoms with E-state index in [9.17, 15) is 5.26 Å². The topological polar surface area (TPSA) is 47.2 Å². The van der Waals surface area contributed by atoms with Crippen LogP contribution in [-0.4, -0.2) is 22.9 Å². The maximum atomic E-state index is 9.82. The molecule has 0 bridgehead atoms. The van der Waals surface area contributed by atoms with Crippen molar-refractivity contribution in [1.29, 1.82) is 5.26 Å². The van der Waals surface area contributed by atoms with Gasteiger partial charge in [-0.05, 0) is 63.5 Å². The van der Waals surface area contributed by atoms with Crippen LogP contribution < -0.4 is 5.46 Å². The van der Waals surface area contributed by atoms with E-state index in [1.165, 1.54) is 0 Å². The fourth-order valence-corrected chi connectivity index (χ4v) is 3.89. The first-order chi connectivity index (χ1) is 12.2. The maximum Gasteiger partial charge on any atom is 0.494 e. The van der Waals surface area contributed by atoms with Gasteiger partial charge < -0.3 is 13.9 Å². The van der Waals surface area contributed by atoms with Crippen LogP contribution in [0.1, 0.15) is 77.6 Å². The van der Waals surface area contributed by atoms with Gasteiger partial charge in [-0.3, -0.25) is 0 Å². The third-order valence-corrected chi connectivity index (χ3v) is 6.19. The molecule has 0 unspecified atom stereocenters. The third-order valence-electron chi connectivity index (χ3n) is 6.19. The molecular weight excluding hydrogens is 323 g/mol. The molecule has 1 aliphatic carbocycles. The molecule has 0 N–H and O–H groups in total. The molecule has 0 amide bonds. The van der Waals surface area contributed by atoms with Crippen molar-refractivity contribution in [2.24, 2.45) is 0 Å². The summed E-state index contributed by atoms with van der Waals surface area (Å²) in [4.78, 5) is 0. The second kappa shape index (κ2) is 5.61. The molecule has 1 aliphatic heterocycles. The quantitative estimate of drug-likeness (QED) is 0.777. The van der Waals surface area contributed by atoms with Crippen molar-refractivity contribution in [2.75, 3.05) is 0 Å². The van der Waals surface area contributed by atoms with Crippen molar-refractivity contribution in [1.82, 2.24) is 4.57 Å². The molecule has 1 saturated heterocycles. The highest BCUT2D eigenvalue weighted by molar-refractivity contribution is 6.62. The summed E-state index contributed by atoms with van der Waals surface area (Å²) in [6.45, 7) is 12.6. The molecule has 2 fully saturated rings. The van der Waals surface area contributed by atoms with Gasteiger partial charge in [-0.25, -0.2) is 0 Å². The summed E-state index contributed by atoms with van der Waals surface area (Å²) in [5.41, 5.74) is 3.44. The predicted molar refractivity (Wildman–Crippen MR) is 105 cm³/mol. The molecule has 1 saturated carbocycles. The Bertz CT molecular complexity index is 900. The monoisotopic (exact) mass is 350 g/mol. The lowest BCUT2D eigenvalue weighted by atomic mass is 9.78. The standard InChI is InChI=1S/C21H27BN2O2/c1-13(2)19-16-11-14(22-25-20(3,4)21(5,6)26-22)7-10-17(16)24(15-8-9-15)18(19)12-23/h7,10-11,13,15H,8-9H2,1-6H3. The van der Waals surface area contributed by atoms with Crippen molar-refractivity contribution in [3.8, 4) is 6.07 Å². The molecule has 136 valence electrons. The van der Waals surface area contributed by atoms with Gasteiger partial charge in [-0.1, -0.05) is 26.0 Å². The lowest BCUT2D eigenvalue weighted by Gasteiger charge is -2.32. The lowest BCUT2D eigenvalue weighted by Crippen LogP contribution is -2.41. The smallest absolute Gasteiger partial charge is 0.399 e. The van der Waals surface area contributed by atoms with Crippen LogP contribution in [0.2, 0.25) is 0 Å². The second-order valence-corrected chi connectivity index (χ2v) is 8.99. The van der Waals surface area contributed by atoms with Gasteiger partial charge in [0.2, 0.25) is 0 Å². The van der Waals surface area contributed by atoms with Crippen LogP contribution in [0.5, 0.6) is 0 Å². The Morgan fingerprint density at radius 3 is 2.27 bits per heavy atom. The van der Waals surface area contributed by atoms with Gasteiger partial charge in [0, 0.05) is 16.9 Å². The Labute approximate surface area is 156 Å². The van der Waals surface area contributed by atoms with Crippen molar-refractivity contribution < 1.29 is 9.31 Å². The Morgan fingerprint density at radius 1 is 1.15 bits per heavy atom. The van der Waals surface area contributed by atoms with Gasteiger partial charge in [-0.2, -0.15) is 5.26 Å². The van der Waals surface area contributed by atoms with Crippen LogP contribution in [0.4, 0.5) is 0 Å². The molecule has 26 heavy (non-hydrogen) atoms. The van der Waals surface area contributed by atoms with E-state index >= 15 is 0 Å². The van der Waals surface area contributed by atoms with Gasteiger partial charge >= 0.3 is 7.12 Å². The SMILES string of the molecule is CC(C)c1c(C#N)n(C2CC2)c2ccc(B3OC(C)(C)C(C)(C)O3)cc12. The van der Waals surface area contributed by atoms with E-state index in [-0.39, 0.29) is 18.3 Å². The predicted octanol–water partition coefficient (Wildman–Crippen LogP) is 4.27. The van der Waals surface area contributed by atoms with Gasteiger partial charge in [-0.15, -0.1) is 0 Å². The molecule has 2 aromatic rings. The van der Waals surface area contributed by atoms with Gasteiger partial charge in [0.05, 0.1) is 11.2 Å². The zero-order chi connectivity index (χ0) is 18.9. The van der Waals surface area contributed by atoms with Crippen LogP contribution in [0.15, 0.2) is 18.2 Å². The average Bonchev–Trinajstić information content (AvgIpc) is 3.28. The summed E-state index contributed by atoms with van der Waals surface area (Å²) < 4.78 is 14.7. The molecular formula is C21H27BN2O2. The summed E-state index contributed by atoms with van der Waals surface area (Å²) in [6.07, 6.45) is 2.32. The molecule has 1 aromatic carbocycles. The summed E-state index contributed by atoms with van der Waals surface area (Å²) in [5, 5.41) is 11.0. The highest BCUT2D eigenvalue weighted by atomic mass is 16.7. The Morgan fingerprint density at radius 2 is 1.77 bits per heavy atom. The van der Waals surface area contributed by atoms with E-state index in [1.807, 2.05) is 0 Å². The van der Waals surface area contributed by atoms with Gasteiger partial charge in [0.25, 0.3) is 0 Å². The molecule has 4 rings (SSSR count). The van der Waals surface area contributed by atoms with E-state index in [2.05, 4.69) is 70.4 Å². The fourth-order valence-electron chi connectivity index (χ4n) is 3.89. The van der Waals surface area contributed by atoms with E-state index in [1.54, 1.807) is 0 Å². The van der Waals surface area contributed by atoms with Crippen LogP contribution in [0.25, 0.3) is 10.9 Å². The summed E-state index contributed by atoms with van der Waals surface area (Å²) in [7, 11) is -0.376. The van der Waals surface area contributed by atoms with Crippen LogP contribution in [0, 0.1) is 11.3 Å². The number of hydrogen-bond acceptors (Lipinski definition) is 3. The Kier molecular flexibility index (Phi) is 3.81. The number of aromatic nitrogens is 1. The van der Waals surface area contributed by atoms with E-state index in [0.29, 0.717) is 12.0 Å². The van der Waals surface area contributed by atoms with Crippen molar-refractivity contribution in [2.45, 2.75) is 77.5 Å². The normalized spacial score (nSPS) is 21.5. The molecule has 0 spiro atoms. The maximum absolute atomic E-state index is 9.82. The van der Waals surface area contributed by atoms with Crippen LogP contribution in [-0.2, 0) is 9.31 Å². The van der Waals surface area contributed by atoms with Gasteiger partial charge in [0.1, 0.15) is 11.8 Å². The summed E-state index contributed by atoms with van der Waals surface area (Å²) >= 11 is 0. The number of benzene rings is 1. The second-order valence-electron chi connectivity index (χ2n) is 8.99. The molecule has 0 atom stereocenters. The lowest BCUT2D eigenvalue weighted by molar-refractivity contribution is 0.00578. The summed E-state index contributed by atoms with van der Waals surface area (Å²) in [5.74, 6) is 0.292. The number of fused-ring (bicyclic) bond motifs is 1. The Balaban J connectivity index is 1.86. The number of nitriles is 1. The largest absolute Gasteiger partial charge is 0.494 e. The number of hydrogen-bond donors (Lipinski definition) is 0. The van der Waals surface area contributed by atoms with Crippen LogP contribution >= 0.6 is 0 Å². The van der Waals surface area contributed by atoms with Gasteiger partial charge in [0.15, 0.2) is 0 Å². The first kappa shape index (κ1) is 17.6. The minimum Gasteiger partial charge on any atom is -0.399 e. The van der Waals surface area contributed by atoms with E-state index in [4.69, 9.17) is 9.31 Å². The summed E-state index contributed by atoms with van der Waals surface area (Å²) in [6, 6.07) is 9.35. The highest BCUT2D eigenvalue weighted by Crippen LogP contribution is 2.43. The van der Waals surface area contributed by atoms with Crippen molar-refractivity contribution >= 4 is 23.5 Å². The Hall–Kier alpha value is -1.77. The van der Waals surface area contributed by atoms with E-state index < -0.39 is 0 Å². The number of rotatable bonds is 3. The highest BCUT2D eigenvalue weighted by Gasteiger charge is 2.51. The molecule has 1 aromatic heterocycles. The number of nitrogens with zero attached hydrogens (tertiary/aromatic N) is 2. The van der Waals surface area contributed by atoms with Crippen LogP contribution in [0.3, 0.4) is 0 Å². The van der Waals surface area contributed by atoms with Crippen molar-refractivity contribution in [3.63, 3.8) is 0 Å².